The van der Waals surface area contributed by atoms with E-state index in [0.29, 0.717) is 0 Å². The summed E-state index contributed by atoms with van der Waals surface area (Å²) in [6.07, 6.45) is 1.76. The lowest BCUT2D eigenvalue weighted by atomic mass is 10.1. The van der Waals surface area contributed by atoms with Gasteiger partial charge in [0.05, 0.1) is 5.52 Å². The number of imidazole rings is 1. The molecule has 3 heterocycles. The first-order valence-corrected chi connectivity index (χ1v) is 6.04. The van der Waals surface area contributed by atoms with Gasteiger partial charge in [0.2, 0.25) is 0 Å². The van der Waals surface area contributed by atoms with Crippen molar-refractivity contribution in [2.75, 3.05) is 0 Å². The van der Waals surface area contributed by atoms with Crippen LogP contribution in [0.4, 0.5) is 0 Å². The van der Waals surface area contributed by atoms with Gasteiger partial charge in [0.1, 0.15) is 5.82 Å². The lowest BCUT2D eigenvalue weighted by Crippen LogP contribution is -1.99. The molecule has 0 bridgehead atoms. The van der Waals surface area contributed by atoms with Gasteiger partial charge in [-0.2, -0.15) is 0 Å². The molecule has 0 atom stereocenters. The van der Waals surface area contributed by atoms with Gasteiger partial charge in [-0.15, -0.1) is 0 Å². The molecule has 3 aromatic rings. The average molecular weight is 236 g/mol. The van der Waals surface area contributed by atoms with E-state index < -0.39 is 0 Å². The van der Waals surface area contributed by atoms with Crippen LogP contribution in [0.25, 0.3) is 22.6 Å². The van der Waals surface area contributed by atoms with Crippen molar-refractivity contribution in [3.05, 3.63) is 47.7 Å². The van der Waals surface area contributed by atoms with E-state index in [1.165, 1.54) is 11.1 Å². The van der Waals surface area contributed by atoms with Gasteiger partial charge < -0.3 is 10.3 Å². The SMILES string of the molecule is c1cnc2nc(-c3ccc4c(c3)CNC4)[nH]c2c1. The quantitative estimate of drug-likeness (QED) is 0.681. The Labute approximate surface area is 104 Å². The number of pyridine rings is 1. The molecule has 4 nitrogen and oxygen atoms in total. The number of hydrogen-bond donors (Lipinski definition) is 2. The van der Waals surface area contributed by atoms with Gasteiger partial charge in [0.15, 0.2) is 5.65 Å². The second-order valence-corrected chi connectivity index (χ2v) is 4.55. The lowest BCUT2D eigenvalue weighted by molar-refractivity contribution is 0.765. The summed E-state index contributed by atoms with van der Waals surface area (Å²) >= 11 is 0. The molecular weight excluding hydrogens is 224 g/mol. The molecule has 0 unspecified atom stereocenters. The zero-order chi connectivity index (χ0) is 11.9. The molecule has 0 aliphatic carbocycles. The van der Waals surface area contributed by atoms with Crippen molar-refractivity contribution in [3.8, 4) is 11.4 Å². The van der Waals surface area contributed by atoms with Crippen LogP contribution in [0.3, 0.4) is 0 Å². The monoisotopic (exact) mass is 236 g/mol. The average Bonchev–Trinajstić information content (AvgIpc) is 3.04. The maximum Gasteiger partial charge on any atom is 0.178 e. The summed E-state index contributed by atoms with van der Waals surface area (Å²) in [5.41, 5.74) is 5.61. The third kappa shape index (κ3) is 1.43. The van der Waals surface area contributed by atoms with E-state index in [4.69, 9.17) is 0 Å². The van der Waals surface area contributed by atoms with Crippen molar-refractivity contribution in [2.24, 2.45) is 0 Å². The molecule has 2 N–H and O–H groups in total. The Morgan fingerprint density at radius 3 is 2.94 bits per heavy atom. The third-order valence-electron chi connectivity index (χ3n) is 3.37. The predicted octanol–water partition coefficient (Wildman–Crippen LogP) is 2.23. The number of benzene rings is 1. The molecule has 1 aromatic carbocycles. The minimum Gasteiger partial charge on any atom is -0.337 e. The van der Waals surface area contributed by atoms with Crippen molar-refractivity contribution in [3.63, 3.8) is 0 Å². The Kier molecular flexibility index (Phi) is 1.98. The number of H-pyrrole nitrogens is 1. The fourth-order valence-electron chi connectivity index (χ4n) is 2.42. The minimum atomic E-state index is 0.770. The molecule has 4 heteroatoms. The first-order chi connectivity index (χ1) is 8.90. The van der Waals surface area contributed by atoms with Gasteiger partial charge >= 0.3 is 0 Å². The smallest absolute Gasteiger partial charge is 0.178 e. The third-order valence-corrected chi connectivity index (χ3v) is 3.37. The lowest BCUT2D eigenvalue weighted by Gasteiger charge is -2.00. The standard InChI is InChI=1S/C14H12N4/c1-2-12-14(16-5-1)18-13(17-12)9-3-4-10-7-15-8-11(10)6-9/h1-6,15H,7-8H2,(H,16,17,18). The predicted molar refractivity (Wildman–Crippen MR) is 69.9 cm³/mol. The summed E-state index contributed by atoms with van der Waals surface area (Å²) in [5, 5.41) is 3.35. The summed E-state index contributed by atoms with van der Waals surface area (Å²) in [6, 6.07) is 10.4. The molecule has 0 fully saturated rings. The second-order valence-electron chi connectivity index (χ2n) is 4.55. The molecule has 18 heavy (non-hydrogen) atoms. The van der Waals surface area contributed by atoms with E-state index in [9.17, 15) is 0 Å². The Morgan fingerprint density at radius 1 is 1.06 bits per heavy atom. The maximum absolute atomic E-state index is 4.52. The number of aromatic nitrogens is 3. The fourth-order valence-corrected chi connectivity index (χ4v) is 2.42. The number of hydrogen-bond acceptors (Lipinski definition) is 3. The first kappa shape index (κ1) is 9.79. The van der Waals surface area contributed by atoms with Gasteiger partial charge in [-0.05, 0) is 29.3 Å². The summed E-state index contributed by atoms with van der Waals surface area (Å²) in [7, 11) is 0. The van der Waals surface area contributed by atoms with E-state index in [-0.39, 0.29) is 0 Å². The van der Waals surface area contributed by atoms with Crippen LogP contribution in [0.2, 0.25) is 0 Å². The molecule has 4 rings (SSSR count). The molecule has 0 radical (unpaired) electrons. The van der Waals surface area contributed by atoms with Gasteiger partial charge in [-0.25, -0.2) is 9.97 Å². The van der Waals surface area contributed by atoms with E-state index in [1.54, 1.807) is 6.20 Å². The van der Waals surface area contributed by atoms with Crippen LogP contribution in [-0.4, -0.2) is 15.0 Å². The van der Waals surface area contributed by atoms with Crippen LogP contribution in [0.15, 0.2) is 36.5 Å². The Balaban J connectivity index is 1.86. The van der Waals surface area contributed by atoms with E-state index in [1.807, 2.05) is 12.1 Å². The van der Waals surface area contributed by atoms with Crippen LogP contribution in [0.1, 0.15) is 11.1 Å². The zero-order valence-corrected chi connectivity index (χ0v) is 9.77. The molecule has 0 spiro atoms. The van der Waals surface area contributed by atoms with Crippen molar-refractivity contribution in [1.29, 1.82) is 0 Å². The maximum atomic E-state index is 4.52. The number of aromatic amines is 1. The number of nitrogens with zero attached hydrogens (tertiary/aromatic N) is 2. The highest BCUT2D eigenvalue weighted by Gasteiger charge is 2.12. The van der Waals surface area contributed by atoms with E-state index in [2.05, 4.69) is 38.5 Å². The van der Waals surface area contributed by atoms with Gasteiger partial charge in [0.25, 0.3) is 0 Å². The normalized spacial score (nSPS) is 14.0. The Hall–Kier alpha value is -2.20. The number of rotatable bonds is 1. The molecular formula is C14H12N4. The molecule has 1 aliphatic heterocycles. The number of nitrogens with one attached hydrogen (secondary N) is 2. The summed E-state index contributed by atoms with van der Waals surface area (Å²) in [4.78, 5) is 12.1. The molecule has 1 aliphatic rings. The molecule has 0 amide bonds. The van der Waals surface area contributed by atoms with Crippen molar-refractivity contribution in [2.45, 2.75) is 13.1 Å². The summed E-state index contributed by atoms with van der Waals surface area (Å²) < 4.78 is 0. The van der Waals surface area contributed by atoms with E-state index in [0.717, 1.165) is 35.6 Å². The van der Waals surface area contributed by atoms with Crippen LogP contribution in [0, 0.1) is 0 Å². The number of fused-ring (bicyclic) bond motifs is 2. The fraction of sp³-hybridized carbons (Fsp3) is 0.143. The zero-order valence-electron chi connectivity index (χ0n) is 9.77. The molecule has 0 saturated carbocycles. The van der Waals surface area contributed by atoms with Crippen molar-refractivity contribution >= 4 is 11.2 Å². The van der Waals surface area contributed by atoms with Crippen molar-refractivity contribution < 1.29 is 0 Å². The molecule has 88 valence electrons. The summed E-state index contributed by atoms with van der Waals surface area (Å²) in [5.74, 6) is 0.887. The minimum absolute atomic E-state index is 0.770. The second kappa shape index (κ2) is 3.65. The summed E-state index contributed by atoms with van der Waals surface area (Å²) in [6.45, 7) is 1.92. The van der Waals surface area contributed by atoms with Crippen LogP contribution < -0.4 is 5.32 Å². The largest absolute Gasteiger partial charge is 0.337 e. The highest BCUT2D eigenvalue weighted by molar-refractivity contribution is 5.75. The van der Waals surface area contributed by atoms with E-state index >= 15 is 0 Å². The Morgan fingerprint density at radius 2 is 2.00 bits per heavy atom. The van der Waals surface area contributed by atoms with Crippen LogP contribution in [0.5, 0.6) is 0 Å². The van der Waals surface area contributed by atoms with Crippen LogP contribution in [-0.2, 0) is 13.1 Å². The first-order valence-electron chi connectivity index (χ1n) is 6.04. The van der Waals surface area contributed by atoms with Gasteiger partial charge in [-0.1, -0.05) is 12.1 Å². The topological polar surface area (TPSA) is 53.6 Å². The van der Waals surface area contributed by atoms with Gasteiger partial charge in [-0.3, -0.25) is 0 Å². The van der Waals surface area contributed by atoms with Gasteiger partial charge in [0, 0.05) is 24.8 Å². The highest BCUT2D eigenvalue weighted by atomic mass is 15.0. The highest BCUT2D eigenvalue weighted by Crippen LogP contribution is 2.24. The Bertz CT molecular complexity index is 696. The van der Waals surface area contributed by atoms with Crippen molar-refractivity contribution in [1.82, 2.24) is 20.3 Å². The molecule has 0 saturated heterocycles. The van der Waals surface area contributed by atoms with Crippen LogP contribution >= 0.6 is 0 Å². The molecule has 2 aromatic heterocycles.